The van der Waals surface area contributed by atoms with E-state index in [1.165, 1.54) is 0 Å². The van der Waals surface area contributed by atoms with Crippen molar-refractivity contribution in [3.8, 4) is 10.6 Å². The van der Waals surface area contributed by atoms with Crippen LogP contribution in [0.4, 0.5) is 0 Å². The van der Waals surface area contributed by atoms with E-state index in [2.05, 4.69) is 29.4 Å². The minimum Gasteiger partial charge on any atom is -0.308 e. The van der Waals surface area contributed by atoms with Gasteiger partial charge in [-0.2, -0.15) is 0 Å². The van der Waals surface area contributed by atoms with Crippen LogP contribution >= 0.6 is 22.9 Å². The fourth-order valence-corrected chi connectivity index (χ4v) is 2.79. The van der Waals surface area contributed by atoms with Crippen molar-refractivity contribution in [1.82, 2.24) is 15.5 Å². The van der Waals surface area contributed by atoms with Gasteiger partial charge in [-0.05, 0) is 26.0 Å². The number of hydrogen-bond donors (Lipinski definition) is 1. The lowest BCUT2D eigenvalue weighted by atomic mass is 10.2. The molecule has 0 bridgehead atoms. The second-order valence-electron chi connectivity index (χ2n) is 4.10. The third kappa shape index (κ3) is 3.07. The van der Waals surface area contributed by atoms with Crippen LogP contribution in [0.3, 0.4) is 0 Å². The lowest BCUT2D eigenvalue weighted by molar-refractivity contribution is 0.564. The molecule has 2 rings (SSSR count). The first-order valence-electron chi connectivity index (χ1n) is 6.04. The van der Waals surface area contributed by atoms with Crippen molar-refractivity contribution >= 4 is 22.9 Å². The van der Waals surface area contributed by atoms with Gasteiger partial charge in [0.2, 0.25) is 0 Å². The van der Waals surface area contributed by atoms with E-state index >= 15 is 0 Å². The van der Waals surface area contributed by atoms with E-state index in [-0.39, 0.29) is 6.04 Å². The molecule has 96 valence electrons. The Morgan fingerprint density at radius 2 is 2.11 bits per heavy atom. The molecule has 1 atom stereocenters. The van der Waals surface area contributed by atoms with Gasteiger partial charge in [0.15, 0.2) is 0 Å². The van der Waals surface area contributed by atoms with Crippen molar-refractivity contribution in [3.05, 3.63) is 34.3 Å². The summed E-state index contributed by atoms with van der Waals surface area (Å²) in [6, 6.07) is 7.95. The third-order valence-corrected chi connectivity index (χ3v) is 4.08. The topological polar surface area (TPSA) is 37.8 Å². The Hall–Kier alpha value is -0.970. The van der Waals surface area contributed by atoms with Gasteiger partial charge in [0.25, 0.3) is 0 Å². The summed E-state index contributed by atoms with van der Waals surface area (Å²) < 4.78 is 0. The van der Waals surface area contributed by atoms with Gasteiger partial charge in [-0.25, -0.2) is 0 Å². The third-order valence-electron chi connectivity index (χ3n) is 2.62. The van der Waals surface area contributed by atoms with E-state index in [0.717, 1.165) is 33.6 Å². The molecule has 18 heavy (non-hydrogen) atoms. The van der Waals surface area contributed by atoms with Crippen molar-refractivity contribution in [2.45, 2.75) is 26.3 Å². The van der Waals surface area contributed by atoms with E-state index in [1.807, 2.05) is 24.3 Å². The van der Waals surface area contributed by atoms with Gasteiger partial charge in [0.05, 0.1) is 11.1 Å². The smallest absolute Gasteiger partial charge is 0.149 e. The lowest BCUT2D eigenvalue weighted by Gasteiger charge is -2.08. The van der Waals surface area contributed by atoms with Crippen LogP contribution < -0.4 is 5.32 Å². The van der Waals surface area contributed by atoms with E-state index in [9.17, 15) is 0 Å². The number of aromatic nitrogens is 2. The Morgan fingerprint density at radius 1 is 1.33 bits per heavy atom. The Balaban J connectivity index is 2.18. The highest BCUT2D eigenvalue weighted by molar-refractivity contribution is 7.14. The van der Waals surface area contributed by atoms with Gasteiger partial charge in [0.1, 0.15) is 10.0 Å². The molecule has 1 unspecified atom stereocenters. The summed E-state index contributed by atoms with van der Waals surface area (Å²) in [6.45, 7) is 5.24. The van der Waals surface area contributed by atoms with Crippen LogP contribution in [0.2, 0.25) is 5.02 Å². The average Bonchev–Trinajstić information content (AvgIpc) is 2.86. The Morgan fingerprint density at radius 3 is 2.83 bits per heavy atom. The minimum atomic E-state index is 0.235. The summed E-state index contributed by atoms with van der Waals surface area (Å²) in [4.78, 5) is 0. The molecule has 3 nitrogen and oxygen atoms in total. The second kappa shape index (κ2) is 6.27. The van der Waals surface area contributed by atoms with Crippen LogP contribution in [-0.4, -0.2) is 16.7 Å². The number of rotatable bonds is 5. The van der Waals surface area contributed by atoms with E-state index in [1.54, 1.807) is 11.3 Å². The van der Waals surface area contributed by atoms with Crippen LogP contribution in [0.1, 0.15) is 31.3 Å². The van der Waals surface area contributed by atoms with Crippen molar-refractivity contribution < 1.29 is 0 Å². The number of hydrogen-bond acceptors (Lipinski definition) is 4. The van der Waals surface area contributed by atoms with Crippen LogP contribution in [0.25, 0.3) is 10.6 Å². The summed E-state index contributed by atoms with van der Waals surface area (Å²) in [5.41, 5.74) is 0.950. The molecule has 0 amide bonds. The zero-order chi connectivity index (χ0) is 13.0. The number of halogens is 1. The second-order valence-corrected chi connectivity index (χ2v) is 5.52. The van der Waals surface area contributed by atoms with Crippen molar-refractivity contribution in [2.75, 3.05) is 6.54 Å². The molecule has 2 aromatic rings. The SMILES string of the molecule is CCCNC(C)c1nnc(-c2ccccc2Cl)s1. The first-order chi connectivity index (χ1) is 8.72. The van der Waals surface area contributed by atoms with Crippen LogP contribution in [0.15, 0.2) is 24.3 Å². The maximum absolute atomic E-state index is 6.15. The Labute approximate surface area is 116 Å². The van der Waals surface area contributed by atoms with Gasteiger partial charge >= 0.3 is 0 Å². The van der Waals surface area contributed by atoms with Gasteiger partial charge < -0.3 is 5.32 Å². The molecule has 1 N–H and O–H groups in total. The standard InChI is InChI=1S/C13H16ClN3S/c1-3-8-15-9(2)12-16-17-13(18-12)10-6-4-5-7-11(10)14/h4-7,9,15H,3,8H2,1-2H3. The molecule has 5 heteroatoms. The van der Waals surface area contributed by atoms with Crippen molar-refractivity contribution in [3.63, 3.8) is 0 Å². The van der Waals surface area contributed by atoms with E-state index in [0.29, 0.717) is 0 Å². The molecular formula is C13H16ClN3S. The lowest BCUT2D eigenvalue weighted by Crippen LogP contribution is -2.18. The van der Waals surface area contributed by atoms with Crippen LogP contribution in [0, 0.1) is 0 Å². The summed E-state index contributed by atoms with van der Waals surface area (Å²) in [7, 11) is 0. The molecule has 0 saturated heterocycles. The summed E-state index contributed by atoms with van der Waals surface area (Å²) >= 11 is 7.74. The maximum atomic E-state index is 6.15. The molecule has 0 fully saturated rings. The fourth-order valence-electron chi connectivity index (χ4n) is 1.60. The molecule has 0 aliphatic carbocycles. The maximum Gasteiger partial charge on any atom is 0.149 e. The quantitative estimate of drug-likeness (QED) is 0.903. The first-order valence-corrected chi connectivity index (χ1v) is 7.23. The predicted octanol–water partition coefficient (Wildman–Crippen LogP) is 3.92. The summed E-state index contributed by atoms with van der Waals surface area (Å²) in [5, 5.41) is 14.4. The molecule has 0 spiro atoms. The molecule has 0 radical (unpaired) electrons. The van der Waals surface area contributed by atoms with Crippen LogP contribution in [0.5, 0.6) is 0 Å². The van der Waals surface area contributed by atoms with Crippen LogP contribution in [-0.2, 0) is 0 Å². The molecule has 0 saturated carbocycles. The van der Waals surface area contributed by atoms with Gasteiger partial charge in [-0.15, -0.1) is 10.2 Å². The summed E-state index contributed by atoms with van der Waals surface area (Å²) in [5.74, 6) is 0. The molecule has 1 aromatic heterocycles. The Kier molecular flexibility index (Phi) is 4.69. The average molecular weight is 282 g/mol. The van der Waals surface area contributed by atoms with Crippen molar-refractivity contribution in [2.24, 2.45) is 0 Å². The monoisotopic (exact) mass is 281 g/mol. The molecular weight excluding hydrogens is 266 g/mol. The van der Waals surface area contributed by atoms with Crippen molar-refractivity contribution in [1.29, 1.82) is 0 Å². The number of benzene rings is 1. The Bertz CT molecular complexity index is 512. The largest absolute Gasteiger partial charge is 0.308 e. The molecule has 0 aliphatic heterocycles. The highest BCUT2D eigenvalue weighted by atomic mass is 35.5. The zero-order valence-electron chi connectivity index (χ0n) is 10.5. The summed E-state index contributed by atoms with van der Waals surface area (Å²) in [6.07, 6.45) is 1.11. The first kappa shape index (κ1) is 13.5. The molecule has 1 heterocycles. The number of nitrogens with zero attached hydrogens (tertiary/aromatic N) is 2. The highest BCUT2D eigenvalue weighted by Gasteiger charge is 2.13. The molecule has 0 aliphatic rings. The normalized spacial score (nSPS) is 12.6. The molecule has 1 aromatic carbocycles. The van der Waals surface area contributed by atoms with Gasteiger partial charge in [0, 0.05) is 5.56 Å². The van der Waals surface area contributed by atoms with Gasteiger partial charge in [-0.1, -0.05) is 48.1 Å². The minimum absolute atomic E-state index is 0.235. The predicted molar refractivity (Wildman–Crippen MR) is 77.1 cm³/mol. The van der Waals surface area contributed by atoms with E-state index < -0.39 is 0 Å². The number of nitrogens with one attached hydrogen (secondary N) is 1. The fraction of sp³-hybridized carbons (Fsp3) is 0.385. The van der Waals surface area contributed by atoms with E-state index in [4.69, 9.17) is 11.6 Å². The van der Waals surface area contributed by atoms with Gasteiger partial charge in [-0.3, -0.25) is 0 Å². The highest BCUT2D eigenvalue weighted by Crippen LogP contribution is 2.31. The zero-order valence-corrected chi connectivity index (χ0v) is 12.1.